The maximum atomic E-state index is 13.5. The van der Waals surface area contributed by atoms with E-state index < -0.39 is 11.9 Å². The van der Waals surface area contributed by atoms with Crippen molar-refractivity contribution in [2.45, 2.75) is 37.4 Å². The molecule has 2 aromatic rings. The number of aryl methyl sites for hydroxylation is 1. The van der Waals surface area contributed by atoms with Gasteiger partial charge in [-0.3, -0.25) is 24.2 Å². The summed E-state index contributed by atoms with van der Waals surface area (Å²) in [5, 5.41) is 2.78. The van der Waals surface area contributed by atoms with Gasteiger partial charge in [-0.1, -0.05) is 30.3 Å². The third-order valence-electron chi connectivity index (χ3n) is 6.84. The molecule has 4 amide bonds. The van der Waals surface area contributed by atoms with Crippen LogP contribution in [0.1, 0.15) is 28.8 Å². The lowest BCUT2D eigenvalue weighted by molar-refractivity contribution is -0.142. The molecule has 1 saturated heterocycles. The van der Waals surface area contributed by atoms with E-state index in [9.17, 15) is 19.2 Å². The number of rotatable bonds is 4. The number of benzene rings is 1. The SMILES string of the molecule is CN1C[C@H](NC(=O)CCc2ccccc2)C(=O)N(C)CC(=O)N2C[C@@H](N)C[C@H]2COc2cncc(c2)C1=O. The van der Waals surface area contributed by atoms with Gasteiger partial charge in [0.25, 0.3) is 5.91 Å². The second-order valence-corrected chi connectivity index (χ2v) is 9.90. The zero-order valence-electron chi connectivity index (χ0n) is 21.7. The molecule has 38 heavy (non-hydrogen) atoms. The van der Waals surface area contributed by atoms with Crippen LogP contribution in [-0.4, -0.2) is 102 Å². The van der Waals surface area contributed by atoms with Crippen LogP contribution < -0.4 is 15.8 Å². The topological polar surface area (TPSA) is 138 Å². The monoisotopic (exact) mass is 522 g/mol. The Labute approximate surface area is 221 Å². The first-order valence-corrected chi connectivity index (χ1v) is 12.7. The summed E-state index contributed by atoms with van der Waals surface area (Å²) in [5.74, 6) is -1.04. The van der Waals surface area contributed by atoms with Crippen molar-refractivity contribution in [1.29, 1.82) is 0 Å². The van der Waals surface area contributed by atoms with Crippen LogP contribution >= 0.6 is 0 Å². The molecule has 2 aliphatic heterocycles. The molecule has 0 radical (unpaired) electrons. The summed E-state index contributed by atoms with van der Waals surface area (Å²) in [4.78, 5) is 61.0. The predicted molar refractivity (Wildman–Crippen MR) is 139 cm³/mol. The van der Waals surface area contributed by atoms with Crippen molar-refractivity contribution in [3.63, 3.8) is 0 Å². The zero-order valence-corrected chi connectivity index (χ0v) is 21.7. The van der Waals surface area contributed by atoms with Gasteiger partial charge in [-0.15, -0.1) is 0 Å². The number of carbonyl (C=O) groups is 4. The number of likely N-dealkylation sites (N-methyl/N-ethyl adjacent to an activating group) is 2. The highest BCUT2D eigenvalue weighted by Gasteiger charge is 2.36. The molecule has 0 unspecified atom stereocenters. The van der Waals surface area contributed by atoms with E-state index in [4.69, 9.17) is 10.5 Å². The number of nitrogens with zero attached hydrogens (tertiary/aromatic N) is 4. The molecule has 1 aromatic heterocycles. The number of hydrogen-bond acceptors (Lipinski definition) is 7. The van der Waals surface area contributed by atoms with Crippen molar-refractivity contribution in [2.75, 3.05) is 40.3 Å². The van der Waals surface area contributed by atoms with Crippen molar-refractivity contribution in [2.24, 2.45) is 5.73 Å². The lowest BCUT2D eigenvalue weighted by Crippen LogP contribution is -2.55. The largest absolute Gasteiger partial charge is 0.490 e. The Morgan fingerprint density at radius 2 is 1.87 bits per heavy atom. The normalized spacial score (nSPS) is 22.9. The van der Waals surface area contributed by atoms with Gasteiger partial charge in [0.05, 0.1) is 24.3 Å². The standard InChI is InChI=1S/C27H34N6O5/c1-31-15-23(30-24(34)9-8-18-6-4-3-5-7-18)27(37)32(2)16-25(35)33-14-20(28)11-21(33)17-38-22-10-19(26(31)36)12-29-13-22/h3-7,10,12-13,20-21,23H,8-9,11,14-17,28H2,1-2H3,(H,30,34)/t20-,21-,23-/m0/s1. The van der Waals surface area contributed by atoms with Gasteiger partial charge in [-0.2, -0.15) is 0 Å². The lowest BCUT2D eigenvalue weighted by Gasteiger charge is -2.30. The Bertz CT molecular complexity index is 1180. The van der Waals surface area contributed by atoms with E-state index in [1.807, 2.05) is 30.3 Å². The first kappa shape index (κ1) is 27.1. The van der Waals surface area contributed by atoms with Crippen LogP contribution in [0.15, 0.2) is 48.8 Å². The summed E-state index contributed by atoms with van der Waals surface area (Å²) in [6, 6.07) is 9.61. The Balaban J connectivity index is 1.56. The van der Waals surface area contributed by atoms with Crippen LogP contribution in [0, 0.1) is 0 Å². The van der Waals surface area contributed by atoms with Gasteiger partial charge >= 0.3 is 0 Å². The molecule has 1 aromatic carbocycles. The number of carbonyl (C=O) groups excluding carboxylic acids is 4. The van der Waals surface area contributed by atoms with E-state index in [2.05, 4.69) is 10.3 Å². The summed E-state index contributed by atoms with van der Waals surface area (Å²) in [6.07, 6.45) is 4.16. The first-order chi connectivity index (χ1) is 18.2. The van der Waals surface area contributed by atoms with Crippen molar-refractivity contribution in [3.05, 3.63) is 59.9 Å². The van der Waals surface area contributed by atoms with E-state index in [0.717, 1.165) is 5.56 Å². The summed E-state index contributed by atoms with van der Waals surface area (Å²) in [5.41, 5.74) is 7.42. The van der Waals surface area contributed by atoms with Gasteiger partial charge in [-0.05, 0) is 24.5 Å². The molecule has 0 aliphatic carbocycles. The molecule has 0 saturated carbocycles. The second kappa shape index (κ2) is 12.0. The van der Waals surface area contributed by atoms with Crippen LogP contribution in [0.25, 0.3) is 0 Å². The molecular formula is C27H34N6O5. The van der Waals surface area contributed by atoms with Crippen LogP contribution in [0.4, 0.5) is 0 Å². The third kappa shape index (κ3) is 6.65. The van der Waals surface area contributed by atoms with Crippen LogP contribution in [-0.2, 0) is 20.8 Å². The van der Waals surface area contributed by atoms with Crippen LogP contribution in [0.3, 0.4) is 0 Å². The quantitative estimate of drug-likeness (QED) is 0.579. The van der Waals surface area contributed by atoms with E-state index >= 15 is 0 Å². The number of nitrogens with one attached hydrogen (secondary N) is 1. The molecule has 0 spiro atoms. The summed E-state index contributed by atoms with van der Waals surface area (Å²) in [6.45, 7) is 0.265. The molecule has 2 bridgehead atoms. The Morgan fingerprint density at radius 1 is 1.11 bits per heavy atom. The molecule has 202 valence electrons. The number of fused-ring (bicyclic) bond motifs is 3. The molecule has 11 nitrogen and oxygen atoms in total. The number of nitrogens with two attached hydrogens (primary N) is 1. The average Bonchev–Trinajstić information content (AvgIpc) is 3.30. The van der Waals surface area contributed by atoms with E-state index in [1.165, 1.54) is 29.2 Å². The summed E-state index contributed by atoms with van der Waals surface area (Å²) < 4.78 is 5.88. The molecule has 3 atom stereocenters. The van der Waals surface area contributed by atoms with E-state index in [-0.39, 0.29) is 61.5 Å². The lowest BCUT2D eigenvalue weighted by atomic mass is 10.1. The molecule has 1 fully saturated rings. The number of hydrogen-bond donors (Lipinski definition) is 2. The van der Waals surface area contributed by atoms with E-state index in [1.54, 1.807) is 18.0 Å². The van der Waals surface area contributed by atoms with Gasteiger partial charge in [-0.25, -0.2) is 0 Å². The third-order valence-corrected chi connectivity index (χ3v) is 6.84. The number of aromatic nitrogens is 1. The fourth-order valence-corrected chi connectivity index (χ4v) is 4.79. The molecule has 3 heterocycles. The minimum atomic E-state index is -1.04. The van der Waals surface area contributed by atoms with Crippen molar-refractivity contribution in [3.8, 4) is 5.75 Å². The van der Waals surface area contributed by atoms with Crippen LogP contribution in [0.2, 0.25) is 0 Å². The summed E-state index contributed by atoms with van der Waals surface area (Å²) in [7, 11) is 3.06. The fraction of sp³-hybridized carbons (Fsp3) is 0.444. The van der Waals surface area contributed by atoms with Crippen molar-refractivity contribution in [1.82, 2.24) is 25.0 Å². The van der Waals surface area contributed by atoms with Crippen LogP contribution in [0.5, 0.6) is 5.75 Å². The Morgan fingerprint density at radius 3 is 2.63 bits per heavy atom. The fourth-order valence-electron chi connectivity index (χ4n) is 4.79. The second-order valence-electron chi connectivity index (χ2n) is 9.90. The number of ether oxygens (including phenoxy) is 1. The maximum Gasteiger partial charge on any atom is 0.255 e. The Kier molecular flexibility index (Phi) is 8.57. The highest BCUT2D eigenvalue weighted by atomic mass is 16.5. The van der Waals surface area contributed by atoms with Crippen molar-refractivity contribution >= 4 is 23.6 Å². The average molecular weight is 523 g/mol. The van der Waals surface area contributed by atoms with Gasteiger partial charge in [0, 0.05) is 45.8 Å². The minimum absolute atomic E-state index is 0.0877. The Hall–Kier alpha value is -3.99. The highest BCUT2D eigenvalue weighted by molar-refractivity contribution is 5.95. The molecule has 11 heteroatoms. The smallest absolute Gasteiger partial charge is 0.255 e. The van der Waals surface area contributed by atoms with Crippen molar-refractivity contribution < 1.29 is 23.9 Å². The van der Waals surface area contributed by atoms with Gasteiger partial charge in [0.15, 0.2) is 0 Å². The van der Waals surface area contributed by atoms with Gasteiger partial charge < -0.3 is 30.5 Å². The number of amides is 4. The van der Waals surface area contributed by atoms with Gasteiger partial charge in [0.1, 0.15) is 18.4 Å². The zero-order chi connectivity index (χ0) is 27.2. The predicted octanol–water partition coefficient (Wildman–Crippen LogP) is 0.0502. The molecule has 2 aliphatic rings. The molecule has 3 N–H and O–H groups in total. The first-order valence-electron chi connectivity index (χ1n) is 12.7. The highest BCUT2D eigenvalue weighted by Crippen LogP contribution is 2.20. The summed E-state index contributed by atoms with van der Waals surface area (Å²) >= 11 is 0. The molecular weight excluding hydrogens is 488 g/mol. The maximum absolute atomic E-state index is 13.5. The van der Waals surface area contributed by atoms with E-state index in [0.29, 0.717) is 25.1 Å². The number of pyridine rings is 1. The van der Waals surface area contributed by atoms with Gasteiger partial charge in [0.2, 0.25) is 17.7 Å². The minimum Gasteiger partial charge on any atom is -0.490 e. The molecule has 4 rings (SSSR count).